The molecule has 1 amide bonds. The summed E-state index contributed by atoms with van der Waals surface area (Å²) in [6.45, 7) is 1.74. The number of piperidine rings is 1. The summed E-state index contributed by atoms with van der Waals surface area (Å²) in [7, 11) is 0. The van der Waals surface area contributed by atoms with Crippen molar-refractivity contribution in [1.29, 1.82) is 0 Å². The van der Waals surface area contributed by atoms with E-state index in [0.29, 0.717) is 5.02 Å². The van der Waals surface area contributed by atoms with Crippen LogP contribution in [0.25, 0.3) is 0 Å². The second-order valence-corrected chi connectivity index (χ2v) is 7.06. The zero-order valence-electron chi connectivity index (χ0n) is 14.0. The molecule has 1 heterocycles. The SMILES string of the molecule is O=C(c1ccc(Cl)cc1)N1CCC(CCCc2ccccc2)CC1. The third-order valence-electron chi connectivity index (χ3n) is 4.91. The number of carbonyl (C=O) groups excluding carboxylic acids is 1. The van der Waals surface area contributed by atoms with Gasteiger partial charge in [-0.25, -0.2) is 0 Å². The maximum absolute atomic E-state index is 12.5. The number of hydrogen-bond acceptors (Lipinski definition) is 1. The second-order valence-electron chi connectivity index (χ2n) is 6.62. The maximum atomic E-state index is 12.5. The molecular formula is C21H24ClNO. The van der Waals surface area contributed by atoms with Crippen LogP contribution in [0.3, 0.4) is 0 Å². The normalized spacial score (nSPS) is 15.5. The highest BCUT2D eigenvalue weighted by molar-refractivity contribution is 6.30. The Balaban J connectivity index is 1.42. The van der Waals surface area contributed by atoms with Crippen molar-refractivity contribution in [3.63, 3.8) is 0 Å². The molecule has 1 saturated heterocycles. The first kappa shape index (κ1) is 17.0. The lowest BCUT2D eigenvalue weighted by atomic mass is 9.90. The van der Waals surface area contributed by atoms with E-state index in [1.165, 1.54) is 18.4 Å². The van der Waals surface area contributed by atoms with E-state index in [0.717, 1.165) is 43.8 Å². The predicted octanol–water partition coefficient (Wildman–Crippen LogP) is 5.22. The summed E-state index contributed by atoms with van der Waals surface area (Å²) in [4.78, 5) is 14.5. The summed E-state index contributed by atoms with van der Waals surface area (Å²) in [6.07, 6.45) is 5.89. The van der Waals surface area contributed by atoms with Crippen molar-refractivity contribution >= 4 is 17.5 Å². The van der Waals surface area contributed by atoms with Gasteiger partial charge in [0.05, 0.1) is 0 Å². The fraction of sp³-hybridized carbons (Fsp3) is 0.381. The topological polar surface area (TPSA) is 20.3 Å². The lowest BCUT2D eigenvalue weighted by Crippen LogP contribution is -2.38. The first-order valence-electron chi connectivity index (χ1n) is 8.81. The second kappa shape index (κ2) is 8.34. The van der Waals surface area contributed by atoms with Crippen molar-refractivity contribution in [2.45, 2.75) is 32.1 Å². The number of carbonyl (C=O) groups is 1. The molecule has 126 valence electrons. The number of aryl methyl sites for hydroxylation is 1. The van der Waals surface area contributed by atoms with E-state index in [4.69, 9.17) is 11.6 Å². The molecule has 0 atom stereocenters. The van der Waals surface area contributed by atoms with Gasteiger partial charge < -0.3 is 4.90 Å². The predicted molar refractivity (Wildman–Crippen MR) is 99.5 cm³/mol. The molecule has 0 aliphatic carbocycles. The van der Waals surface area contributed by atoms with Gasteiger partial charge in [0.1, 0.15) is 0 Å². The number of likely N-dealkylation sites (tertiary alicyclic amines) is 1. The Kier molecular flexibility index (Phi) is 5.92. The summed E-state index contributed by atoms with van der Waals surface area (Å²) < 4.78 is 0. The molecule has 0 spiro atoms. The lowest BCUT2D eigenvalue weighted by molar-refractivity contribution is 0.0686. The summed E-state index contributed by atoms with van der Waals surface area (Å²) in [5, 5.41) is 0.670. The molecule has 0 radical (unpaired) electrons. The highest BCUT2D eigenvalue weighted by Crippen LogP contribution is 2.24. The molecule has 3 rings (SSSR count). The third kappa shape index (κ3) is 4.61. The fourth-order valence-corrected chi connectivity index (χ4v) is 3.57. The average Bonchev–Trinajstić information content (AvgIpc) is 2.63. The van der Waals surface area contributed by atoms with Crippen LogP contribution in [-0.2, 0) is 6.42 Å². The zero-order chi connectivity index (χ0) is 16.8. The van der Waals surface area contributed by atoms with Crippen molar-refractivity contribution < 1.29 is 4.79 Å². The monoisotopic (exact) mass is 341 g/mol. The van der Waals surface area contributed by atoms with E-state index in [9.17, 15) is 4.79 Å². The molecule has 0 aromatic heterocycles. The van der Waals surface area contributed by atoms with Gasteiger partial charge in [-0.05, 0) is 67.9 Å². The van der Waals surface area contributed by atoms with E-state index < -0.39 is 0 Å². The van der Waals surface area contributed by atoms with Crippen LogP contribution in [0.5, 0.6) is 0 Å². The van der Waals surface area contributed by atoms with Crippen molar-refractivity contribution in [3.8, 4) is 0 Å². The third-order valence-corrected chi connectivity index (χ3v) is 5.17. The minimum absolute atomic E-state index is 0.134. The van der Waals surface area contributed by atoms with Gasteiger partial charge in [-0.3, -0.25) is 4.79 Å². The van der Waals surface area contributed by atoms with Crippen molar-refractivity contribution in [1.82, 2.24) is 4.90 Å². The van der Waals surface area contributed by atoms with Gasteiger partial charge in [-0.1, -0.05) is 41.9 Å². The molecule has 1 aliphatic rings. The van der Waals surface area contributed by atoms with Gasteiger partial charge in [0.15, 0.2) is 0 Å². The molecule has 24 heavy (non-hydrogen) atoms. The van der Waals surface area contributed by atoms with Gasteiger partial charge in [0, 0.05) is 23.7 Å². The van der Waals surface area contributed by atoms with Crippen molar-refractivity contribution in [2.24, 2.45) is 5.92 Å². The van der Waals surface area contributed by atoms with Crippen LogP contribution in [-0.4, -0.2) is 23.9 Å². The maximum Gasteiger partial charge on any atom is 0.253 e. The lowest BCUT2D eigenvalue weighted by Gasteiger charge is -2.32. The standard InChI is InChI=1S/C21H24ClNO/c22-20-11-9-19(10-12-20)21(24)23-15-13-18(14-16-23)8-4-7-17-5-2-1-3-6-17/h1-3,5-6,9-12,18H,4,7-8,13-16H2. The van der Waals surface area contributed by atoms with E-state index in [1.807, 2.05) is 17.0 Å². The van der Waals surface area contributed by atoms with E-state index in [2.05, 4.69) is 30.3 Å². The number of hydrogen-bond donors (Lipinski definition) is 0. The molecule has 0 saturated carbocycles. The van der Waals surface area contributed by atoms with Crippen molar-refractivity contribution in [3.05, 3.63) is 70.7 Å². The molecular weight excluding hydrogens is 318 g/mol. The molecule has 3 heteroatoms. The Bertz CT molecular complexity index is 645. The smallest absolute Gasteiger partial charge is 0.253 e. The number of nitrogens with zero attached hydrogens (tertiary/aromatic N) is 1. The summed E-state index contributed by atoms with van der Waals surface area (Å²) in [6, 6.07) is 17.9. The molecule has 2 nitrogen and oxygen atoms in total. The minimum Gasteiger partial charge on any atom is -0.339 e. The first-order valence-corrected chi connectivity index (χ1v) is 9.19. The molecule has 0 unspecified atom stereocenters. The van der Waals surface area contributed by atoms with Gasteiger partial charge in [-0.15, -0.1) is 0 Å². The van der Waals surface area contributed by atoms with Crippen molar-refractivity contribution in [2.75, 3.05) is 13.1 Å². The summed E-state index contributed by atoms with van der Waals surface area (Å²) >= 11 is 5.89. The molecule has 1 fully saturated rings. The minimum atomic E-state index is 0.134. The molecule has 0 bridgehead atoms. The first-order chi connectivity index (χ1) is 11.7. The Hall–Kier alpha value is -1.80. The number of amides is 1. The molecule has 2 aromatic carbocycles. The van der Waals surface area contributed by atoms with Gasteiger partial charge in [-0.2, -0.15) is 0 Å². The Labute approximate surface area is 149 Å². The molecule has 2 aromatic rings. The summed E-state index contributed by atoms with van der Waals surface area (Å²) in [5.74, 6) is 0.886. The van der Waals surface area contributed by atoms with Crippen LogP contribution in [0.2, 0.25) is 5.02 Å². The van der Waals surface area contributed by atoms with Gasteiger partial charge in [0.25, 0.3) is 5.91 Å². The van der Waals surface area contributed by atoms with E-state index >= 15 is 0 Å². The zero-order valence-corrected chi connectivity index (χ0v) is 14.7. The van der Waals surface area contributed by atoms with Crippen LogP contribution in [0.15, 0.2) is 54.6 Å². The fourth-order valence-electron chi connectivity index (χ4n) is 3.44. The van der Waals surface area contributed by atoms with E-state index in [1.54, 1.807) is 12.1 Å². The Morgan fingerprint density at radius 1 is 1.00 bits per heavy atom. The average molecular weight is 342 g/mol. The highest BCUT2D eigenvalue weighted by Gasteiger charge is 2.23. The van der Waals surface area contributed by atoms with Crippen LogP contribution in [0.4, 0.5) is 0 Å². The number of halogens is 1. The van der Waals surface area contributed by atoms with Gasteiger partial charge >= 0.3 is 0 Å². The van der Waals surface area contributed by atoms with Crippen LogP contribution in [0, 0.1) is 5.92 Å². The van der Waals surface area contributed by atoms with Crippen LogP contribution >= 0.6 is 11.6 Å². The molecule has 1 aliphatic heterocycles. The van der Waals surface area contributed by atoms with E-state index in [-0.39, 0.29) is 5.91 Å². The summed E-state index contributed by atoms with van der Waals surface area (Å²) in [5.41, 5.74) is 2.16. The van der Waals surface area contributed by atoms with Crippen LogP contribution in [0.1, 0.15) is 41.6 Å². The molecule has 0 N–H and O–H groups in total. The Morgan fingerprint density at radius 3 is 2.33 bits per heavy atom. The Morgan fingerprint density at radius 2 is 1.67 bits per heavy atom. The van der Waals surface area contributed by atoms with Gasteiger partial charge in [0.2, 0.25) is 0 Å². The number of benzene rings is 2. The largest absolute Gasteiger partial charge is 0.339 e. The number of rotatable bonds is 5. The highest BCUT2D eigenvalue weighted by atomic mass is 35.5. The quantitative estimate of drug-likeness (QED) is 0.730. The van der Waals surface area contributed by atoms with Crippen LogP contribution < -0.4 is 0 Å².